The number of halogens is 2. The van der Waals surface area contributed by atoms with Gasteiger partial charge in [0.05, 0.1) is 5.56 Å². The van der Waals surface area contributed by atoms with Crippen LogP contribution in [0.5, 0.6) is 0 Å². The Balaban J connectivity index is 1.71. The molecule has 0 saturated heterocycles. The van der Waals surface area contributed by atoms with Gasteiger partial charge in [0.2, 0.25) is 0 Å². The highest BCUT2D eigenvalue weighted by Gasteiger charge is 2.23. The number of anilines is 1. The van der Waals surface area contributed by atoms with Crippen LogP contribution in [0.15, 0.2) is 24.4 Å². The average molecular weight is 376 g/mol. The third kappa shape index (κ3) is 4.46. The lowest BCUT2D eigenvalue weighted by molar-refractivity contribution is 0.0932. The summed E-state index contributed by atoms with van der Waals surface area (Å²) in [6, 6.07) is 6.10. The molecule has 0 aliphatic carbocycles. The van der Waals surface area contributed by atoms with Crippen LogP contribution in [-0.2, 0) is 19.5 Å². The smallest absolute Gasteiger partial charge is 0.272 e. The van der Waals surface area contributed by atoms with E-state index in [0.29, 0.717) is 6.54 Å². The van der Waals surface area contributed by atoms with E-state index >= 15 is 0 Å². The number of carbonyl (C=O) groups excluding carboxylic acids is 1. The Morgan fingerprint density at radius 2 is 2.11 bits per heavy atom. The Hall–Kier alpha value is -2.44. The summed E-state index contributed by atoms with van der Waals surface area (Å²) in [6.07, 6.45) is 0.654. The lowest BCUT2D eigenvalue weighted by Gasteiger charge is -2.27. The maximum absolute atomic E-state index is 13.3. The molecule has 1 aromatic heterocycles. The van der Waals surface area contributed by atoms with Gasteiger partial charge in [-0.1, -0.05) is 26.0 Å². The first-order valence-electron chi connectivity index (χ1n) is 9.31. The zero-order valence-electron chi connectivity index (χ0n) is 16.0. The van der Waals surface area contributed by atoms with E-state index in [-0.39, 0.29) is 23.7 Å². The monoisotopic (exact) mass is 376 g/mol. The summed E-state index contributed by atoms with van der Waals surface area (Å²) in [5.74, 6) is -0.317. The van der Waals surface area contributed by atoms with Gasteiger partial charge < -0.3 is 10.2 Å². The number of aromatic nitrogens is 2. The van der Waals surface area contributed by atoms with Crippen LogP contribution >= 0.6 is 0 Å². The quantitative estimate of drug-likeness (QED) is 0.835. The summed E-state index contributed by atoms with van der Waals surface area (Å²) in [7, 11) is 2.07. The minimum atomic E-state index is -2.73. The number of hydrogen-bond acceptors (Lipinski definition) is 3. The second kappa shape index (κ2) is 8.06. The summed E-state index contributed by atoms with van der Waals surface area (Å²) in [4.78, 5) is 14.7. The first-order valence-corrected chi connectivity index (χ1v) is 9.31. The van der Waals surface area contributed by atoms with Gasteiger partial charge in [-0.15, -0.1) is 0 Å². The van der Waals surface area contributed by atoms with Crippen molar-refractivity contribution in [2.24, 2.45) is 5.92 Å². The molecular weight excluding hydrogens is 350 g/mol. The molecule has 0 atom stereocenters. The second-order valence-electron chi connectivity index (χ2n) is 7.52. The summed E-state index contributed by atoms with van der Waals surface area (Å²) in [5.41, 5.74) is 2.91. The molecule has 1 amide bonds. The number of hydrogen-bond donors (Lipinski definition) is 1. The molecule has 0 saturated carbocycles. The minimum absolute atomic E-state index is 0.191. The predicted molar refractivity (Wildman–Crippen MR) is 101 cm³/mol. The number of nitrogens with zero attached hydrogens (tertiary/aromatic N) is 3. The SMILES string of the molecule is CC(C)Cn1cc(C(F)F)c(C(=O)NCc2ccc3c(c2)CCCN3C)n1. The second-order valence-corrected chi connectivity index (χ2v) is 7.52. The lowest BCUT2D eigenvalue weighted by atomic mass is 9.99. The van der Waals surface area contributed by atoms with Crippen molar-refractivity contribution in [2.45, 2.75) is 46.2 Å². The summed E-state index contributed by atoms with van der Waals surface area (Å²) >= 11 is 0. The van der Waals surface area contributed by atoms with Gasteiger partial charge in [-0.2, -0.15) is 5.10 Å². The van der Waals surface area contributed by atoms with E-state index in [4.69, 9.17) is 0 Å². The standard InChI is InChI=1S/C20H26F2N4O/c1-13(2)11-26-12-16(19(21)22)18(24-26)20(27)23-10-14-6-7-17-15(9-14)5-4-8-25(17)3/h6-7,9,12-13,19H,4-5,8,10-11H2,1-3H3,(H,23,27). The molecular formula is C20H26F2N4O. The normalized spacial score (nSPS) is 14.0. The Morgan fingerprint density at radius 1 is 1.33 bits per heavy atom. The zero-order chi connectivity index (χ0) is 19.6. The van der Waals surface area contributed by atoms with Crippen LogP contribution in [-0.4, -0.2) is 29.3 Å². The van der Waals surface area contributed by atoms with Crippen LogP contribution in [0.1, 0.15) is 53.9 Å². The van der Waals surface area contributed by atoms with E-state index in [9.17, 15) is 13.6 Å². The predicted octanol–water partition coefficient (Wildman–Crippen LogP) is 3.79. The van der Waals surface area contributed by atoms with E-state index in [1.807, 2.05) is 19.9 Å². The molecule has 2 heterocycles. The maximum Gasteiger partial charge on any atom is 0.272 e. The van der Waals surface area contributed by atoms with Crippen LogP contribution in [0, 0.1) is 5.92 Å². The first-order chi connectivity index (χ1) is 12.8. The number of nitrogens with one attached hydrogen (secondary N) is 1. The summed E-state index contributed by atoms with van der Waals surface area (Å²) < 4.78 is 28.0. The third-order valence-electron chi connectivity index (χ3n) is 4.74. The molecule has 1 aliphatic rings. The van der Waals surface area contributed by atoms with Gasteiger partial charge in [-0.05, 0) is 36.0 Å². The number of alkyl halides is 2. The third-order valence-corrected chi connectivity index (χ3v) is 4.74. The lowest BCUT2D eigenvalue weighted by Crippen LogP contribution is -2.26. The van der Waals surface area contributed by atoms with Crippen molar-refractivity contribution >= 4 is 11.6 Å². The van der Waals surface area contributed by atoms with Crippen LogP contribution in [0.25, 0.3) is 0 Å². The molecule has 0 fully saturated rings. The molecule has 3 rings (SSSR count). The Kier molecular flexibility index (Phi) is 5.77. The fourth-order valence-electron chi connectivity index (χ4n) is 3.46. The Morgan fingerprint density at radius 3 is 2.81 bits per heavy atom. The van der Waals surface area contributed by atoms with Gasteiger partial charge in [0.25, 0.3) is 12.3 Å². The summed E-state index contributed by atoms with van der Waals surface area (Å²) in [5, 5.41) is 6.82. The molecule has 7 heteroatoms. The molecule has 1 N–H and O–H groups in total. The molecule has 2 aromatic rings. The van der Waals surface area contributed by atoms with Gasteiger partial charge in [0.15, 0.2) is 5.69 Å². The van der Waals surface area contributed by atoms with Gasteiger partial charge in [0, 0.05) is 38.6 Å². The van der Waals surface area contributed by atoms with Crippen molar-refractivity contribution in [1.82, 2.24) is 15.1 Å². The number of benzene rings is 1. The highest BCUT2D eigenvalue weighted by atomic mass is 19.3. The van der Waals surface area contributed by atoms with E-state index in [1.165, 1.54) is 22.1 Å². The molecule has 5 nitrogen and oxygen atoms in total. The van der Waals surface area contributed by atoms with Crippen molar-refractivity contribution in [3.63, 3.8) is 0 Å². The highest BCUT2D eigenvalue weighted by Crippen LogP contribution is 2.27. The fourth-order valence-corrected chi connectivity index (χ4v) is 3.46. The Bertz CT molecular complexity index is 816. The van der Waals surface area contributed by atoms with Crippen LogP contribution in [0.3, 0.4) is 0 Å². The number of fused-ring (bicyclic) bond motifs is 1. The number of carbonyl (C=O) groups is 1. The van der Waals surface area contributed by atoms with Gasteiger partial charge in [0.1, 0.15) is 0 Å². The molecule has 0 unspecified atom stereocenters. The molecule has 0 radical (unpaired) electrons. The fraction of sp³-hybridized carbons (Fsp3) is 0.500. The van der Waals surface area contributed by atoms with Crippen LogP contribution in [0.4, 0.5) is 14.5 Å². The van der Waals surface area contributed by atoms with E-state index in [2.05, 4.69) is 34.5 Å². The maximum atomic E-state index is 13.3. The molecule has 1 aliphatic heterocycles. The number of aryl methyl sites for hydroxylation is 1. The van der Waals surface area contributed by atoms with Gasteiger partial charge >= 0.3 is 0 Å². The van der Waals surface area contributed by atoms with E-state index in [0.717, 1.165) is 24.9 Å². The minimum Gasteiger partial charge on any atom is -0.374 e. The average Bonchev–Trinajstić information content (AvgIpc) is 3.03. The highest BCUT2D eigenvalue weighted by molar-refractivity contribution is 5.93. The van der Waals surface area contributed by atoms with Crippen molar-refractivity contribution in [1.29, 1.82) is 0 Å². The van der Waals surface area contributed by atoms with Gasteiger partial charge in [-0.25, -0.2) is 8.78 Å². The molecule has 0 spiro atoms. The van der Waals surface area contributed by atoms with Crippen LogP contribution in [0.2, 0.25) is 0 Å². The van der Waals surface area contributed by atoms with Crippen LogP contribution < -0.4 is 10.2 Å². The zero-order valence-corrected chi connectivity index (χ0v) is 16.0. The van der Waals surface area contributed by atoms with Crippen molar-refractivity contribution in [3.05, 3.63) is 46.8 Å². The van der Waals surface area contributed by atoms with Gasteiger partial charge in [-0.3, -0.25) is 9.48 Å². The van der Waals surface area contributed by atoms with Crippen molar-refractivity contribution < 1.29 is 13.6 Å². The molecule has 0 bridgehead atoms. The van der Waals surface area contributed by atoms with Crippen molar-refractivity contribution in [3.8, 4) is 0 Å². The van der Waals surface area contributed by atoms with E-state index < -0.39 is 12.3 Å². The largest absolute Gasteiger partial charge is 0.374 e. The van der Waals surface area contributed by atoms with E-state index in [1.54, 1.807) is 0 Å². The number of rotatable bonds is 6. The number of amides is 1. The topological polar surface area (TPSA) is 50.2 Å². The first kappa shape index (κ1) is 19.3. The Labute approximate surface area is 158 Å². The van der Waals surface area contributed by atoms with Crippen molar-refractivity contribution in [2.75, 3.05) is 18.5 Å². The molecule has 1 aromatic carbocycles. The molecule has 146 valence electrons. The molecule has 27 heavy (non-hydrogen) atoms. The summed E-state index contributed by atoms with van der Waals surface area (Å²) in [6.45, 7) is 5.76.